The SMILES string of the molecule is CN1C=CN(c2ccc3c(c2)N2B(c4ccccc4-3)c3ccccc3-c3ccc(N4C=CN(c5ccccc5)C4)cc32)C1. The first-order chi connectivity index (χ1) is 21.2. The third-order valence-corrected chi connectivity index (χ3v) is 9.19. The number of para-hydroxylation sites is 1. The lowest BCUT2D eigenvalue weighted by atomic mass is 9.43. The van der Waals surface area contributed by atoms with Crippen molar-refractivity contribution in [2.24, 2.45) is 0 Å². The molecule has 0 saturated carbocycles. The van der Waals surface area contributed by atoms with Gasteiger partial charge >= 0.3 is 6.85 Å². The standard InChI is InChI=1S/C37H30BN5/c1-39-19-20-40(25-39)28-15-17-32-30-11-5-7-13-34(30)38-35-14-8-6-12-31(35)33-18-16-29(24-37(33)43(38)36(32)23-28)42-22-21-41(26-42)27-9-3-2-4-10-27/h2-24H,25-26H2,1H3. The first-order valence-electron chi connectivity index (χ1n) is 14.9. The second kappa shape index (κ2) is 9.33. The molecular formula is C37H30BN5. The molecular weight excluding hydrogens is 525 g/mol. The molecule has 0 N–H and O–H groups in total. The van der Waals surface area contributed by atoms with Crippen LogP contribution in [0.15, 0.2) is 140 Å². The van der Waals surface area contributed by atoms with Crippen molar-refractivity contribution >= 4 is 46.2 Å². The Morgan fingerprint density at radius 2 is 0.977 bits per heavy atom. The topological polar surface area (TPSA) is 16.2 Å². The van der Waals surface area contributed by atoms with Crippen LogP contribution in [0.5, 0.6) is 0 Å². The summed E-state index contributed by atoms with van der Waals surface area (Å²) in [6.45, 7) is 1.72. The van der Waals surface area contributed by atoms with Crippen molar-refractivity contribution < 1.29 is 0 Å². The van der Waals surface area contributed by atoms with E-state index in [-0.39, 0.29) is 6.85 Å². The Balaban J connectivity index is 1.22. The first kappa shape index (κ1) is 24.3. The molecule has 0 amide bonds. The third-order valence-electron chi connectivity index (χ3n) is 9.19. The van der Waals surface area contributed by atoms with E-state index < -0.39 is 0 Å². The zero-order chi connectivity index (χ0) is 28.5. The lowest BCUT2D eigenvalue weighted by Gasteiger charge is -2.44. The van der Waals surface area contributed by atoms with Gasteiger partial charge in [0.2, 0.25) is 0 Å². The van der Waals surface area contributed by atoms with Crippen LogP contribution in [-0.2, 0) is 0 Å². The molecule has 0 radical (unpaired) electrons. The van der Waals surface area contributed by atoms with E-state index in [1.54, 1.807) is 0 Å². The van der Waals surface area contributed by atoms with Crippen LogP contribution in [0.25, 0.3) is 22.3 Å². The maximum Gasteiger partial charge on any atom is 0.329 e. The predicted octanol–water partition coefficient (Wildman–Crippen LogP) is 6.53. The van der Waals surface area contributed by atoms with E-state index in [4.69, 9.17) is 0 Å². The minimum atomic E-state index is 0.0876. The van der Waals surface area contributed by atoms with Crippen LogP contribution < -0.4 is 30.4 Å². The number of anilines is 5. The summed E-state index contributed by atoms with van der Waals surface area (Å²) in [7, 11) is 2.12. The van der Waals surface area contributed by atoms with Gasteiger partial charge in [-0.3, -0.25) is 0 Å². The van der Waals surface area contributed by atoms with Gasteiger partial charge in [-0.1, -0.05) is 78.9 Å². The molecule has 0 fully saturated rings. The van der Waals surface area contributed by atoms with Gasteiger partial charge < -0.3 is 24.4 Å². The van der Waals surface area contributed by atoms with Crippen LogP contribution >= 0.6 is 0 Å². The van der Waals surface area contributed by atoms with E-state index in [9.17, 15) is 0 Å². The summed E-state index contributed by atoms with van der Waals surface area (Å²) < 4.78 is 0. The highest BCUT2D eigenvalue weighted by Gasteiger charge is 2.42. The van der Waals surface area contributed by atoms with Gasteiger partial charge in [0.15, 0.2) is 0 Å². The Kier molecular flexibility index (Phi) is 5.26. The van der Waals surface area contributed by atoms with Crippen molar-refractivity contribution in [2.75, 3.05) is 39.9 Å². The van der Waals surface area contributed by atoms with Crippen molar-refractivity contribution in [2.45, 2.75) is 0 Å². The molecule has 5 aromatic rings. The maximum atomic E-state index is 2.60. The molecule has 0 bridgehead atoms. The van der Waals surface area contributed by atoms with E-state index in [1.165, 1.54) is 61.6 Å². The summed E-state index contributed by atoms with van der Waals surface area (Å²) in [6, 6.07) is 42.5. The van der Waals surface area contributed by atoms with Crippen molar-refractivity contribution in [3.05, 3.63) is 140 Å². The Hall–Kier alpha value is -5.36. The van der Waals surface area contributed by atoms with Crippen LogP contribution in [0.2, 0.25) is 0 Å². The van der Waals surface area contributed by atoms with Crippen LogP contribution in [0, 0.1) is 0 Å². The zero-order valence-corrected chi connectivity index (χ0v) is 24.0. The molecule has 0 spiro atoms. The molecule has 9 rings (SSSR count). The molecule has 6 heteroatoms. The number of fused-ring (bicyclic) bond motifs is 11. The lowest BCUT2D eigenvalue weighted by Crippen LogP contribution is -2.59. The lowest BCUT2D eigenvalue weighted by molar-refractivity contribution is 0.496. The third kappa shape index (κ3) is 3.73. The molecule has 43 heavy (non-hydrogen) atoms. The number of hydrogen-bond donors (Lipinski definition) is 0. The highest BCUT2D eigenvalue weighted by atomic mass is 15.3. The smallest absolute Gasteiger partial charge is 0.329 e. The fraction of sp³-hybridized carbons (Fsp3) is 0.0811. The molecule has 0 aromatic heterocycles. The van der Waals surface area contributed by atoms with Gasteiger partial charge in [-0.15, -0.1) is 0 Å². The van der Waals surface area contributed by atoms with E-state index in [0.717, 1.165) is 13.3 Å². The summed E-state index contributed by atoms with van der Waals surface area (Å²) in [5, 5.41) is 0. The highest BCUT2D eigenvalue weighted by molar-refractivity contribution is 6.92. The van der Waals surface area contributed by atoms with Crippen molar-refractivity contribution in [3.8, 4) is 22.3 Å². The second-order valence-electron chi connectivity index (χ2n) is 11.7. The van der Waals surface area contributed by atoms with Gasteiger partial charge in [-0.25, -0.2) is 0 Å². The van der Waals surface area contributed by atoms with E-state index in [0.29, 0.717) is 0 Å². The Labute approximate surface area is 252 Å². The second-order valence-corrected chi connectivity index (χ2v) is 11.7. The number of benzene rings is 5. The minimum absolute atomic E-state index is 0.0876. The number of nitrogens with zero attached hydrogens (tertiary/aromatic N) is 5. The Bertz CT molecular complexity index is 1950. The van der Waals surface area contributed by atoms with Crippen LogP contribution in [0.3, 0.4) is 0 Å². The largest absolute Gasteiger partial charge is 0.376 e. The molecule has 4 heterocycles. The van der Waals surface area contributed by atoms with Gasteiger partial charge in [0.1, 0.15) is 0 Å². The van der Waals surface area contributed by atoms with Gasteiger partial charge in [0.05, 0.1) is 13.3 Å². The summed E-state index contributed by atoms with van der Waals surface area (Å²) >= 11 is 0. The molecule has 4 aliphatic heterocycles. The first-order valence-corrected chi connectivity index (χ1v) is 14.9. The maximum absolute atomic E-state index is 2.60. The average Bonchev–Trinajstić information content (AvgIpc) is 3.74. The molecule has 5 nitrogen and oxygen atoms in total. The van der Waals surface area contributed by atoms with Gasteiger partial charge in [0, 0.05) is 71.4 Å². The predicted molar refractivity (Wildman–Crippen MR) is 181 cm³/mol. The normalized spacial score (nSPS) is 15.8. The Morgan fingerprint density at radius 1 is 0.465 bits per heavy atom. The molecule has 5 aromatic carbocycles. The van der Waals surface area contributed by atoms with E-state index >= 15 is 0 Å². The fourth-order valence-electron chi connectivity index (χ4n) is 7.14. The molecule has 0 aliphatic carbocycles. The minimum Gasteiger partial charge on any atom is -0.376 e. The zero-order valence-electron chi connectivity index (χ0n) is 24.0. The van der Waals surface area contributed by atoms with Gasteiger partial charge in [-0.2, -0.15) is 0 Å². The fourth-order valence-corrected chi connectivity index (χ4v) is 7.14. The van der Waals surface area contributed by atoms with E-state index in [2.05, 4.69) is 172 Å². The molecule has 0 unspecified atom stereocenters. The van der Waals surface area contributed by atoms with Crippen molar-refractivity contribution in [1.82, 2.24) is 4.90 Å². The van der Waals surface area contributed by atoms with Crippen molar-refractivity contribution in [1.29, 1.82) is 0 Å². The summed E-state index contributed by atoms with van der Waals surface area (Å²) in [4.78, 5) is 11.7. The van der Waals surface area contributed by atoms with Crippen LogP contribution in [0.1, 0.15) is 0 Å². The van der Waals surface area contributed by atoms with E-state index in [1.807, 2.05) is 0 Å². The van der Waals surface area contributed by atoms with Gasteiger partial charge in [-0.05, 0) is 58.5 Å². The summed E-state index contributed by atoms with van der Waals surface area (Å²) in [5.41, 5.74) is 14.0. The van der Waals surface area contributed by atoms with Crippen molar-refractivity contribution in [3.63, 3.8) is 0 Å². The number of rotatable bonds is 3. The average molecular weight is 555 g/mol. The molecule has 0 atom stereocenters. The molecule has 0 saturated heterocycles. The summed E-state index contributed by atoms with van der Waals surface area (Å²) in [5.74, 6) is 0. The Morgan fingerprint density at radius 3 is 1.56 bits per heavy atom. The van der Waals surface area contributed by atoms with Gasteiger partial charge in [0.25, 0.3) is 0 Å². The summed E-state index contributed by atoms with van der Waals surface area (Å²) in [6.07, 6.45) is 8.67. The number of hydrogen-bond acceptors (Lipinski definition) is 5. The highest BCUT2D eigenvalue weighted by Crippen LogP contribution is 2.48. The monoisotopic (exact) mass is 555 g/mol. The molecule has 206 valence electrons. The quantitative estimate of drug-likeness (QED) is 0.235. The molecule has 4 aliphatic rings. The van der Waals surface area contributed by atoms with Crippen LogP contribution in [0.4, 0.5) is 28.4 Å². The van der Waals surface area contributed by atoms with Crippen LogP contribution in [-0.4, -0.2) is 32.1 Å².